The number of hydrogen-bond acceptors (Lipinski definition) is 2. The summed E-state index contributed by atoms with van der Waals surface area (Å²) in [5.74, 6) is 0. The van der Waals surface area contributed by atoms with E-state index >= 15 is 0 Å². The highest BCUT2D eigenvalue weighted by Crippen LogP contribution is 2.17. The molecule has 1 rings (SSSR count). The maximum absolute atomic E-state index is 8.52. The van der Waals surface area contributed by atoms with Gasteiger partial charge >= 0.3 is 0 Å². The van der Waals surface area contributed by atoms with Crippen molar-refractivity contribution >= 4 is 15.9 Å². The molecule has 15 heavy (non-hydrogen) atoms. The summed E-state index contributed by atoms with van der Waals surface area (Å²) in [4.78, 5) is 0. The molecule has 0 bridgehead atoms. The molecule has 0 aliphatic rings. The lowest BCUT2D eigenvalue weighted by atomic mass is 10.1. The summed E-state index contributed by atoms with van der Waals surface area (Å²) < 4.78 is 1.13. The van der Waals surface area contributed by atoms with Crippen molar-refractivity contribution in [3.8, 4) is 6.07 Å². The van der Waals surface area contributed by atoms with Gasteiger partial charge < -0.3 is 5.32 Å². The number of nitriles is 1. The van der Waals surface area contributed by atoms with Crippen molar-refractivity contribution in [3.63, 3.8) is 0 Å². The van der Waals surface area contributed by atoms with E-state index in [0.717, 1.165) is 11.0 Å². The van der Waals surface area contributed by atoms with Crippen LogP contribution in [0.25, 0.3) is 0 Å². The highest BCUT2D eigenvalue weighted by Gasteiger charge is 2.01. The minimum absolute atomic E-state index is 0.245. The molecule has 1 atom stereocenters. The molecule has 1 aromatic rings. The third-order valence-corrected chi connectivity index (χ3v) is 3.14. The zero-order chi connectivity index (χ0) is 11.3. The van der Waals surface area contributed by atoms with Gasteiger partial charge in [-0.25, -0.2) is 0 Å². The molecule has 2 nitrogen and oxygen atoms in total. The summed E-state index contributed by atoms with van der Waals surface area (Å²) in [6.45, 7) is 4.90. The predicted octanol–water partition coefficient (Wildman–Crippen LogP) is 3.15. The second kappa shape index (κ2) is 5.89. The van der Waals surface area contributed by atoms with E-state index < -0.39 is 0 Å². The quantitative estimate of drug-likeness (QED) is 0.909. The molecule has 0 heterocycles. The number of nitrogens with one attached hydrogen (secondary N) is 1. The van der Waals surface area contributed by atoms with E-state index in [1.54, 1.807) is 0 Å². The van der Waals surface area contributed by atoms with Crippen LogP contribution in [-0.4, -0.2) is 6.04 Å². The monoisotopic (exact) mass is 266 g/mol. The van der Waals surface area contributed by atoms with Gasteiger partial charge in [-0.15, -0.1) is 0 Å². The first-order chi connectivity index (χ1) is 7.13. The number of nitrogens with zero attached hydrogens (tertiary/aromatic N) is 1. The van der Waals surface area contributed by atoms with Gasteiger partial charge in [0.2, 0.25) is 0 Å². The van der Waals surface area contributed by atoms with Gasteiger partial charge in [0.05, 0.1) is 12.5 Å². The van der Waals surface area contributed by atoms with Gasteiger partial charge in [-0.2, -0.15) is 5.26 Å². The molecular weight excluding hydrogens is 252 g/mol. The first kappa shape index (κ1) is 12.2. The highest BCUT2D eigenvalue weighted by atomic mass is 79.9. The molecule has 1 unspecified atom stereocenters. The van der Waals surface area contributed by atoms with Gasteiger partial charge in [-0.1, -0.05) is 28.1 Å². The lowest BCUT2D eigenvalue weighted by molar-refractivity contribution is 0.557. The summed E-state index contributed by atoms with van der Waals surface area (Å²) >= 11 is 3.50. The molecule has 80 valence electrons. The topological polar surface area (TPSA) is 35.8 Å². The van der Waals surface area contributed by atoms with Gasteiger partial charge in [0.15, 0.2) is 0 Å². The van der Waals surface area contributed by atoms with Crippen LogP contribution in [0.4, 0.5) is 0 Å². The van der Waals surface area contributed by atoms with E-state index in [1.165, 1.54) is 11.1 Å². The number of benzene rings is 1. The van der Waals surface area contributed by atoms with E-state index in [-0.39, 0.29) is 6.04 Å². The van der Waals surface area contributed by atoms with Gasteiger partial charge in [0, 0.05) is 17.1 Å². The molecule has 0 amide bonds. The molecule has 0 fully saturated rings. The van der Waals surface area contributed by atoms with Crippen molar-refractivity contribution in [2.45, 2.75) is 32.9 Å². The summed E-state index contributed by atoms with van der Waals surface area (Å²) in [6.07, 6.45) is 0.549. The first-order valence-corrected chi connectivity index (χ1v) is 5.78. The Labute approximate surface area is 99.4 Å². The Morgan fingerprint density at radius 2 is 2.27 bits per heavy atom. The van der Waals surface area contributed by atoms with Crippen LogP contribution in [0.1, 0.15) is 24.5 Å². The van der Waals surface area contributed by atoms with Crippen molar-refractivity contribution in [2.75, 3.05) is 0 Å². The van der Waals surface area contributed by atoms with Crippen LogP contribution < -0.4 is 5.32 Å². The number of halogens is 1. The van der Waals surface area contributed by atoms with E-state index in [1.807, 2.05) is 6.92 Å². The van der Waals surface area contributed by atoms with Crippen molar-refractivity contribution in [2.24, 2.45) is 0 Å². The van der Waals surface area contributed by atoms with E-state index in [4.69, 9.17) is 5.26 Å². The summed E-state index contributed by atoms with van der Waals surface area (Å²) in [5.41, 5.74) is 2.47. The number of rotatable bonds is 4. The van der Waals surface area contributed by atoms with Crippen LogP contribution in [0.5, 0.6) is 0 Å². The van der Waals surface area contributed by atoms with Crippen molar-refractivity contribution in [3.05, 3.63) is 33.8 Å². The van der Waals surface area contributed by atoms with Gasteiger partial charge in [0.25, 0.3) is 0 Å². The van der Waals surface area contributed by atoms with Crippen LogP contribution in [0.3, 0.4) is 0 Å². The fourth-order valence-corrected chi connectivity index (χ4v) is 1.67. The maximum Gasteiger partial charge on any atom is 0.0638 e. The largest absolute Gasteiger partial charge is 0.309 e. The Balaban J connectivity index is 2.51. The number of aryl methyl sites for hydroxylation is 1. The Morgan fingerprint density at radius 3 is 2.87 bits per heavy atom. The van der Waals surface area contributed by atoms with Crippen LogP contribution in [0.2, 0.25) is 0 Å². The lowest BCUT2D eigenvalue weighted by Gasteiger charge is -2.10. The summed E-state index contributed by atoms with van der Waals surface area (Å²) in [6, 6.07) is 8.71. The summed E-state index contributed by atoms with van der Waals surface area (Å²) in [5, 5.41) is 11.8. The zero-order valence-electron chi connectivity index (χ0n) is 9.05. The van der Waals surface area contributed by atoms with Crippen LogP contribution in [0.15, 0.2) is 22.7 Å². The first-order valence-electron chi connectivity index (χ1n) is 4.99. The van der Waals surface area contributed by atoms with Gasteiger partial charge in [-0.05, 0) is 31.0 Å². The minimum atomic E-state index is 0.245. The van der Waals surface area contributed by atoms with Crippen LogP contribution in [-0.2, 0) is 6.54 Å². The van der Waals surface area contributed by atoms with Crippen molar-refractivity contribution in [1.29, 1.82) is 5.26 Å². The van der Waals surface area contributed by atoms with Crippen LogP contribution >= 0.6 is 15.9 Å². The molecule has 0 aromatic heterocycles. The van der Waals surface area contributed by atoms with Crippen molar-refractivity contribution in [1.82, 2.24) is 5.32 Å². The zero-order valence-corrected chi connectivity index (χ0v) is 10.6. The molecular formula is C12H15BrN2. The fourth-order valence-electron chi connectivity index (χ4n) is 1.25. The third kappa shape index (κ3) is 4.03. The normalized spacial score (nSPS) is 12.1. The van der Waals surface area contributed by atoms with E-state index in [2.05, 4.69) is 52.4 Å². The second-order valence-electron chi connectivity index (χ2n) is 3.73. The molecule has 0 saturated carbocycles. The van der Waals surface area contributed by atoms with Gasteiger partial charge in [0.1, 0.15) is 0 Å². The minimum Gasteiger partial charge on any atom is -0.309 e. The predicted molar refractivity (Wildman–Crippen MR) is 65.4 cm³/mol. The average Bonchev–Trinajstić information content (AvgIpc) is 2.20. The maximum atomic E-state index is 8.52. The van der Waals surface area contributed by atoms with Gasteiger partial charge in [-0.3, -0.25) is 0 Å². The molecule has 0 saturated heterocycles. The van der Waals surface area contributed by atoms with E-state index in [0.29, 0.717) is 6.42 Å². The lowest BCUT2D eigenvalue weighted by Crippen LogP contribution is -2.24. The Hall–Kier alpha value is -0.850. The second-order valence-corrected chi connectivity index (χ2v) is 4.58. The highest BCUT2D eigenvalue weighted by molar-refractivity contribution is 9.10. The third-order valence-electron chi connectivity index (χ3n) is 2.29. The van der Waals surface area contributed by atoms with E-state index in [9.17, 15) is 0 Å². The molecule has 0 radical (unpaired) electrons. The molecule has 0 spiro atoms. The molecule has 0 aliphatic carbocycles. The smallest absolute Gasteiger partial charge is 0.0638 e. The Kier molecular flexibility index (Phi) is 4.80. The van der Waals surface area contributed by atoms with Crippen molar-refractivity contribution < 1.29 is 0 Å². The molecule has 1 aromatic carbocycles. The summed E-state index contributed by atoms with van der Waals surface area (Å²) in [7, 11) is 0. The van der Waals surface area contributed by atoms with Crippen LogP contribution in [0, 0.1) is 18.3 Å². The standard InChI is InChI=1S/C12H15BrN2/c1-9-3-4-11(7-12(9)13)8-15-10(2)5-6-14/h3-4,7,10,15H,5,8H2,1-2H3. The number of hydrogen-bond donors (Lipinski definition) is 1. The molecule has 3 heteroatoms. The average molecular weight is 267 g/mol. The fraction of sp³-hybridized carbons (Fsp3) is 0.417. The Morgan fingerprint density at radius 1 is 1.53 bits per heavy atom. The molecule has 0 aliphatic heterocycles. The Bertz CT molecular complexity index is 368. The SMILES string of the molecule is Cc1ccc(CNC(C)CC#N)cc1Br. The molecule has 1 N–H and O–H groups in total.